The van der Waals surface area contributed by atoms with Gasteiger partial charge in [-0.15, -0.1) is 0 Å². The maximum absolute atomic E-state index is 10.1. The zero-order valence-electron chi connectivity index (χ0n) is 18.0. The second-order valence-electron chi connectivity index (χ2n) is 7.73. The SMILES string of the molecule is CCc1c2c(cc3c1N(CC(O)CC)CCC3)CCNCC2.O=C(O)/C=C/C(=O)O. The van der Waals surface area contributed by atoms with Crippen LogP contribution in [0, 0.1) is 0 Å². The van der Waals surface area contributed by atoms with Crippen LogP contribution < -0.4 is 10.2 Å². The van der Waals surface area contributed by atoms with Gasteiger partial charge in [-0.25, -0.2) is 9.59 Å². The van der Waals surface area contributed by atoms with E-state index in [0.29, 0.717) is 12.2 Å². The first-order chi connectivity index (χ1) is 14.4. The lowest BCUT2D eigenvalue weighted by Crippen LogP contribution is -2.37. The van der Waals surface area contributed by atoms with Crippen LogP contribution in [0.5, 0.6) is 0 Å². The van der Waals surface area contributed by atoms with Crippen molar-refractivity contribution in [3.63, 3.8) is 0 Å². The Hall–Kier alpha value is -2.38. The molecule has 0 aromatic heterocycles. The number of aliphatic carboxylic acids is 2. The number of rotatable bonds is 6. The molecule has 4 N–H and O–H groups in total. The van der Waals surface area contributed by atoms with E-state index < -0.39 is 11.9 Å². The highest BCUT2D eigenvalue weighted by molar-refractivity contribution is 5.89. The summed E-state index contributed by atoms with van der Waals surface area (Å²) < 4.78 is 0. The summed E-state index contributed by atoms with van der Waals surface area (Å²) in [6.45, 7) is 8.43. The van der Waals surface area contributed by atoms with Crippen molar-refractivity contribution in [2.75, 3.05) is 31.1 Å². The van der Waals surface area contributed by atoms with E-state index in [1.165, 1.54) is 24.1 Å². The van der Waals surface area contributed by atoms with Gasteiger partial charge in [0.1, 0.15) is 0 Å². The Morgan fingerprint density at radius 2 is 1.77 bits per heavy atom. The number of β-amino-alcohol motifs (C(OH)–C–C–N with tert-alkyl or cyclic N) is 1. The molecule has 0 aliphatic carbocycles. The first kappa shape index (κ1) is 23.9. The molecule has 7 nitrogen and oxygen atoms in total. The maximum atomic E-state index is 10.1. The van der Waals surface area contributed by atoms with Crippen LogP contribution in [0.25, 0.3) is 0 Å². The van der Waals surface area contributed by atoms with Crippen molar-refractivity contribution in [3.05, 3.63) is 40.5 Å². The Morgan fingerprint density at radius 3 is 2.37 bits per heavy atom. The molecule has 2 heterocycles. The largest absolute Gasteiger partial charge is 0.478 e. The van der Waals surface area contributed by atoms with E-state index in [1.54, 1.807) is 16.7 Å². The van der Waals surface area contributed by atoms with Gasteiger partial charge in [-0.1, -0.05) is 19.9 Å². The van der Waals surface area contributed by atoms with Crippen molar-refractivity contribution < 1.29 is 24.9 Å². The number of carboxylic acid groups (broad SMARTS) is 2. The lowest BCUT2D eigenvalue weighted by molar-refractivity contribution is -0.134. The van der Waals surface area contributed by atoms with Gasteiger partial charge in [0.15, 0.2) is 0 Å². The van der Waals surface area contributed by atoms with Gasteiger partial charge in [0.05, 0.1) is 6.10 Å². The number of aliphatic hydroxyl groups excluding tert-OH is 1. The molecule has 0 radical (unpaired) electrons. The van der Waals surface area contributed by atoms with Crippen LogP contribution in [0.15, 0.2) is 18.2 Å². The van der Waals surface area contributed by atoms with E-state index >= 15 is 0 Å². The monoisotopic (exact) mass is 418 g/mol. The average Bonchev–Trinajstić information content (AvgIpc) is 2.96. The standard InChI is InChI=1S/C19H30N2O.C4H4O4/c1-3-16(22)13-21-11-5-6-15-12-14-7-9-20-10-8-18(14)17(4-2)19(15)21;5-3(6)1-2-4(7)8/h12,16,20,22H,3-11,13H2,1-2H3;1-2H,(H,5,6)(H,7,8)/b;2-1+. The maximum Gasteiger partial charge on any atom is 0.328 e. The van der Waals surface area contributed by atoms with Gasteiger partial charge in [-0.2, -0.15) is 0 Å². The fourth-order valence-corrected chi connectivity index (χ4v) is 4.24. The van der Waals surface area contributed by atoms with E-state index in [2.05, 4.69) is 30.1 Å². The summed E-state index contributed by atoms with van der Waals surface area (Å²) in [5.41, 5.74) is 7.69. The quantitative estimate of drug-likeness (QED) is 0.524. The Bertz CT molecular complexity index is 759. The molecule has 0 bridgehead atoms. The molecule has 166 valence electrons. The summed E-state index contributed by atoms with van der Waals surface area (Å²) in [6, 6.07) is 2.47. The lowest BCUT2D eigenvalue weighted by Gasteiger charge is -2.36. The first-order valence-electron chi connectivity index (χ1n) is 10.8. The minimum absolute atomic E-state index is 0.212. The smallest absolute Gasteiger partial charge is 0.328 e. The molecule has 3 rings (SSSR count). The molecule has 1 unspecified atom stereocenters. The number of anilines is 1. The van der Waals surface area contributed by atoms with Gasteiger partial charge in [0, 0.05) is 30.9 Å². The number of aliphatic hydroxyl groups is 1. The summed E-state index contributed by atoms with van der Waals surface area (Å²) in [6.07, 6.45) is 7.56. The van der Waals surface area contributed by atoms with E-state index in [9.17, 15) is 14.7 Å². The molecule has 0 saturated carbocycles. The Morgan fingerprint density at radius 1 is 1.10 bits per heavy atom. The second kappa shape index (κ2) is 11.7. The number of benzene rings is 1. The summed E-state index contributed by atoms with van der Waals surface area (Å²) in [5, 5.41) is 29.3. The Labute approximate surface area is 178 Å². The number of nitrogens with one attached hydrogen (secondary N) is 1. The van der Waals surface area contributed by atoms with Crippen LogP contribution in [0.2, 0.25) is 0 Å². The van der Waals surface area contributed by atoms with E-state index in [1.807, 2.05) is 0 Å². The van der Waals surface area contributed by atoms with Crippen molar-refractivity contribution >= 4 is 17.6 Å². The number of hydrogen-bond donors (Lipinski definition) is 4. The molecule has 0 spiro atoms. The lowest BCUT2D eigenvalue weighted by atomic mass is 9.87. The van der Waals surface area contributed by atoms with Crippen molar-refractivity contribution in [1.29, 1.82) is 0 Å². The Kier molecular flexibility index (Phi) is 9.33. The van der Waals surface area contributed by atoms with Crippen LogP contribution in [0.3, 0.4) is 0 Å². The molecule has 7 heteroatoms. The number of hydrogen-bond acceptors (Lipinski definition) is 5. The molecule has 30 heavy (non-hydrogen) atoms. The fourth-order valence-electron chi connectivity index (χ4n) is 4.24. The van der Waals surface area contributed by atoms with Crippen LogP contribution in [-0.2, 0) is 35.3 Å². The fraction of sp³-hybridized carbons (Fsp3) is 0.565. The highest BCUT2D eigenvalue weighted by atomic mass is 16.4. The van der Waals surface area contributed by atoms with Crippen molar-refractivity contribution in [2.24, 2.45) is 0 Å². The minimum atomic E-state index is -1.26. The average molecular weight is 419 g/mol. The first-order valence-corrected chi connectivity index (χ1v) is 10.8. The summed E-state index contributed by atoms with van der Waals surface area (Å²) in [7, 11) is 0. The van der Waals surface area contributed by atoms with Crippen molar-refractivity contribution in [2.45, 2.75) is 58.5 Å². The van der Waals surface area contributed by atoms with E-state index in [4.69, 9.17) is 10.2 Å². The highest BCUT2D eigenvalue weighted by Gasteiger charge is 2.25. The van der Waals surface area contributed by atoms with Crippen molar-refractivity contribution in [3.8, 4) is 0 Å². The summed E-state index contributed by atoms with van der Waals surface area (Å²) >= 11 is 0. The molecular formula is C23H34N2O5. The molecule has 2 aliphatic rings. The molecular weight excluding hydrogens is 384 g/mol. The molecule has 2 aliphatic heterocycles. The van der Waals surface area contributed by atoms with Crippen LogP contribution in [-0.4, -0.2) is 59.5 Å². The number of carbonyl (C=O) groups is 2. The molecule has 1 atom stereocenters. The van der Waals surface area contributed by atoms with Gasteiger partial charge >= 0.3 is 11.9 Å². The minimum Gasteiger partial charge on any atom is -0.478 e. The van der Waals surface area contributed by atoms with Crippen molar-refractivity contribution in [1.82, 2.24) is 5.32 Å². The zero-order chi connectivity index (χ0) is 22.1. The van der Waals surface area contributed by atoms with Gasteiger partial charge < -0.3 is 25.5 Å². The van der Waals surface area contributed by atoms with Crippen LogP contribution in [0.4, 0.5) is 5.69 Å². The number of nitrogens with zero attached hydrogens (tertiary/aromatic N) is 1. The molecule has 1 aromatic rings. The normalized spacial score (nSPS) is 16.7. The second-order valence-corrected chi connectivity index (χ2v) is 7.73. The third-order valence-corrected chi connectivity index (χ3v) is 5.63. The number of fused-ring (bicyclic) bond motifs is 2. The predicted molar refractivity (Wildman–Crippen MR) is 117 cm³/mol. The highest BCUT2D eigenvalue weighted by Crippen LogP contribution is 2.36. The number of carboxylic acids is 2. The van der Waals surface area contributed by atoms with E-state index in [-0.39, 0.29) is 6.10 Å². The number of aryl methyl sites for hydroxylation is 1. The molecule has 0 amide bonds. The predicted octanol–water partition coefficient (Wildman–Crippen LogP) is 2.17. The summed E-state index contributed by atoms with van der Waals surface area (Å²) in [5.74, 6) is -2.51. The summed E-state index contributed by atoms with van der Waals surface area (Å²) in [4.78, 5) is 21.6. The topological polar surface area (TPSA) is 110 Å². The zero-order valence-corrected chi connectivity index (χ0v) is 18.0. The van der Waals surface area contributed by atoms with E-state index in [0.717, 1.165) is 51.9 Å². The third kappa shape index (κ3) is 6.57. The molecule has 0 fully saturated rings. The molecule has 0 saturated heterocycles. The van der Waals surface area contributed by atoms with Crippen LogP contribution in [0.1, 0.15) is 48.9 Å². The van der Waals surface area contributed by atoms with Crippen LogP contribution >= 0.6 is 0 Å². The Balaban J connectivity index is 0.000000343. The van der Waals surface area contributed by atoms with Gasteiger partial charge in [-0.3, -0.25) is 0 Å². The van der Waals surface area contributed by atoms with Gasteiger partial charge in [0.2, 0.25) is 0 Å². The van der Waals surface area contributed by atoms with Gasteiger partial charge in [-0.05, 0) is 73.9 Å². The molecule has 1 aromatic carbocycles. The third-order valence-electron chi connectivity index (χ3n) is 5.63. The van der Waals surface area contributed by atoms with Gasteiger partial charge in [0.25, 0.3) is 0 Å².